The van der Waals surface area contributed by atoms with Gasteiger partial charge in [-0.1, -0.05) is 29.8 Å². The molecule has 0 unspecified atom stereocenters. The van der Waals surface area contributed by atoms with E-state index in [0.29, 0.717) is 5.75 Å². The number of nitrogens with one attached hydrogen (secondary N) is 1. The Labute approximate surface area is 137 Å². The minimum absolute atomic E-state index is 0.0648. The Balaban J connectivity index is 1.92. The van der Waals surface area contributed by atoms with E-state index in [1.54, 1.807) is 38.3 Å². The zero-order valence-electron chi connectivity index (χ0n) is 14.0. The highest BCUT2D eigenvalue weighted by atomic mass is 16.5. The number of hydrogen-bond acceptors (Lipinski definition) is 3. The van der Waals surface area contributed by atoms with Gasteiger partial charge < -0.3 is 14.8 Å². The van der Waals surface area contributed by atoms with Crippen molar-refractivity contribution in [1.29, 1.82) is 0 Å². The van der Waals surface area contributed by atoms with E-state index in [0.717, 1.165) is 11.3 Å². The van der Waals surface area contributed by atoms with Crippen molar-refractivity contribution in [2.75, 3.05) is 7.11 Å². The first-order valence-electron chi connectivity index (χ1n) is 7.67. The number of hydrogen-bond donors (Lipinski definition) is 1. The monoisotopic (exact) mass is 313 g/mol. The standard InChI is InChI=1S/C19H23NO3/c1-13-5-7-16(8-6-13)14(2)20-19(21)15(3)23-18-11-9-17(22-4)10-12-18/h5-12,14-15H,1-4H3,(H,20,21)/t14-,15+/m1/s1. The van der Waals surface area contributed by atoms with Crippen LogP contribution in [0.15, 0.2) is 48.5 Å². The highest BCUT2D eigenvalue weighted by Gasteiger charge is 2.17. The van der Waals surface area contributed by atoms with E-state index in [4.69, 9.17) is 9.47 Å². The first-order chi connectivity index (χ1) is 11.0. The lowest BCUT2D eigenvalue weighted by atomic mass is 10.1. The van der Waals surface area contributed by atoms with Crippen LogP contribution >= 0.6 is 0 Å². The van der Waals surface area contributed by atoms with Crippen molar-refractivity contribution in [3.05, 3.63) is 59.7 Å². The van der Waals surface area contributed by atoms with Gasteiger partial charge in [-0.2, -0.15) is 0 Å². The van der Waals surface area contributed by atoms with Crippen LogP contribution in [0.1, 0.15) is 31.0 Å². The van der Waals surface area contributed by atoms with Crippen LogP contribution in [-0.2, 0) is 4.79 Å². The highest BCUT2D eigenvalue weighted by Crippen LogP contribution is 2.19. The molecule has 0 aromatic heterocycles. The molecule has 2 aromatic rings. The molecule has 4 heteroatoms. The van der Waals surface area contributed by atoms with Gasteiger partial charge in [0.15, 0.2) is 6.10 Å². The number of carbonyl (C=O) groups excluding carboxylic acids is 1. The van der Waals surface area contributed by atoms with Crippen molar-refractivity contribution in [1.82, 2.24) is 5.32 Å². The number of benzene rings is 2. The summed E-state index contributed by atoms with van der Waals surface area (Å²) in [5, 5.41) is 2.97. The zero-order valence-corrected chi connectivity index (χ0v) is 14.0. The molecule has 23 heavy (non-hydrogen) atoms. The van der Waals surface area contributed by atoms with Gasteiger partial charge in [0.05, 0.1) is 13.2 Å². The van der Waals surface area contributed by atoms with E-state index in [1.807, 2.05) is 38.1 Å². The Morgan fingerprint density at radius 1 is 0.957 bits per heavy atom. The molecule has 0 saturated heterocycles. The number of carbonyl (C=O) groups is 1. The second kappa shape index (κ2) is 7.68. The molecule has 2 rings (SSSR count). The van der Waals surface area contributed by atoms with Gasteiger partial charge in [0.1, 0.15) is 11.5 Å². The van der Waals surface area contributed by atoms with Crippen LogP contribution in [0.2, 0.25) is 0 Å². The fraction of sp³-hybridized carbons (Fsp3) is 0.316. The number of aryl methyl sites for hydroxylation is 1. The van der Waals surface area contributed by atoms with Crippen molar-refractivity contribution in [2.45, 2.75) is 32.9 Å². The molecule has 1 amide bonds. The maximum Gasteiger partial charge on any atom is 0.261 e. The third-order valence-corrected chi connectivity index (χ3v) is 3.68. The van der Waals surface area contributed by atoms with E-state index in [1.165, 1.54) is 5.56 Å². The molecule has 4 nitrogen and oxygen atoms in total. The molecule has 0 saturated carbocycles. The minimum atomic E-state index is -0.573. The Hall–Kier alpha value is -2.49. The molecule has 0 radical (unpaired) electrons. The van der Waals surface area contributed by atoms with E-state index in [-0.39, 0.29) is 11.9 Å². The lowest BCUT2D eigenvalue weighted by Crippen LogP contribution is -2.37. The smallest absolute Gasteiger partial charge is 0.261 e. The number of rotatable bonds is 6. The van der Waals surface area contributed by atoms with Crippen molar-refractivity contribution in [3.8, 4) is 11.5 Å². The average Bonchev–Trinajstić information content (AvgIpc) is 2.56. The van der Waals surface area contributed by atoms with Gasteiger partial charge in [-0.3, -0.25) is 4.79 Å². The van der Waals surface area contributed by atoms with Gasteiger partial charge in [-0.25, -0.2) is 0 Å². The Kier molecular flexibility index (Phi) is 5.63. The van der Waals surface area contributed by atoms with Gasteiger partial charge in [0.2, 0.25) is 0 Å². The van der Waals surface area contributed by atoms with Crippen LogP contribution < -0.4 is 14.8 Å². The molecule has 0 aliphatic rings. The highest BCUT2D eigenvalue weighted by molar-refractivity contribution is 5.81. The summed E-state index contributed by atoms with van der Waals surface area (Å²) >= 11 is 0. The van der Waals surface area contributed by atoms with Crippen LogP contribution in [0.3, 0.4) is 0 Å². The summed E-state index contributed by atoms with van der Waals surface area (Å²) in [4.78, 5) is 12.3. The van der Waals surface area contributed by atoms with Crippen LogP contribution in [-0.4, -0.2) is 19.1 Å². The molecule has 0 spiro atoms. The third-order valence-electron chi connectivity index (χ3n) is 3.68. The molecule has 0 fully saturated rings. The van der Waals surface area contributed by atoms with E-state index in [2.05, 4.69) is 5.32 Å². The topological polar surface area (TPSA) is 47.6 Å². The maximum absolute atomic E-state index is 12.3. The van der Waals surface area contributed by atoms with Gasteiger partial charge in [-0.15, -0.1) is 0 Å². The summed E-state index contributed by atoms with van der Waals surface area (Å²) in [6.45, 7) is 5.74. The maximum atomic E-state index is 12.3. The van der Waals surface area contributed by atoms with Crippen molar-refractivity contribution in [2.24, 2.45) is 0 Å². The molecule has 0 heterocycles. The van der Waals surface area contributed by atoms with Crippen molar-refractivity contribution < 1.29 is 14.3 Å². The lowest BCUT2D eigenvalue weighted by molar-refractivity contribution is -0.127. The number of ether oxygens (including phenoxy) is 2. The number of methoxy groups -OCH3 is 1. The molecule has 0 bridgehead atoms. The second-order valence-electron chi connectivity index (χ2n) is 5.58. The zero-order chi connectivity index (χ0) is 16.8. The molecule has 0 aliphatic carbocycles. The molecular formula is C19H23NO3. The van der Waals surface area contributed by atoms with Crippen molar-refractivity contribution in [3.63, 3.8) is 0 Å². The van der Waals surface area contributed by atoms with Gasteiger partial charge in [-0.05, 0) is 50.6 Å². The quantitative estimate of drug-likeness (QED) is 0.885. The average molecular weight is 313 g/mol. The molecule has 2 aromatic carbocycles. The fourth-order valence-electron chi connectivity index (χ4n) is 2.18. The third kappa shape index (κ3) is 4.74. The Morgan fingerprint density at radius 2 is 1.52 bits per heavy atom. The van der Waals surface area contributed by atoms with E-state index >= 15 is 0 Å². The largest absolute Gasteiger partial charge is 0.497 e. The second-order valence-corrected chi connectivity index (χ2v) is 5.58. The fourth-order valence-corrected chi connectivity index (χ4v) is 2.18. The van der Waals surface area contributed by atoms with E-state index < -0.39 is 6.10 Å². The summed E-state index contributed by atoms with van der Waals surface area (Å²) in [5.74, 6) is 1.24. The summed E-state index contributed by atoms with van der Waals surface area (Å²) in [6.07, 6.45) is -0.573. The predicted molar refractivity (Wildman–Crippen MR) is 90.8 cm³/mol. The molecule has 0 aliphatic heterocycles. The normalized spacial score (nSPS) is 13.0. The van der Waals surface area contributed by atoms with Crippen LogP contribution in [0.4, 0.5) is 0 Å². The summed E-state index contributed by atoms with van der Waals surface area (Å²) in [6, 6.07) is 15.2. The summed E-state index contributed by atoms with van der Waals surface area (Å²) in [7, 11) is 1.61. The predicted octanol–water partition coefficient (Wildman–Crippen LogP) is 3.65. The lowest BCUT2D eigenvalue weighted by Gasteiger charge is -2.19. The molecular weight excluding hydrogens is 290 g/mol. The minimum Gasteiger partial charge on any atom is -0.497 e. The molecule has 2 atom stereocenters. The first-order valence-corrected chi connectivity index (χ1v) is 7.67. The molecule has 1 N–H and O–H groups in total. The van der Waals surface area contributed by atoms with E-state index in [9.17, 15) is 4.79 Å². The van der Waals surface area contributed by atoms with Crippen molar-refractivity contribution >= 4 is 5.91 Å². The van der Waals surface area contributed by atoms with Gasteiger partial charge in [0.25, 0.3) is 5.91 Å². The number of amides is 1. The van der Waals surface area contributed by atoms with Crippen LogP contribution in [0.25, 0.3) is 0 Å². The van der Waals surface area contributed by atoms with Crippen LogP contribution in [0, 0.1) is 6.92 Å². The summed E-state index contributed by atoms with van der Waals surface area (Å²) in [5.41, 5.74) is 2.27. The van der Waals surface area contributed by atoms with Gasteiger partial charge >= 0.3 is 0 Å². The first kappa shape index (κ1) is 16.9. The summed E-state index contributed by atoms with van der Waals surface area (Å²) < 4.78 is 10.8. The van der Waals surface area contributed by atoms with Crippen LogP contribution in [0.5, 0.6) is 11.5 Å². The van der Waals surface area contributed by atoms with Gasteiger partial charge in [0, 0.05) is 0 Å². The Bertz CT molecular complexity index is 635. The molecule has 122 valence electrons. The Morgan fingerprint density at radius 3 is 2.09 bits per heavy atom. The SMILES string of the molecule is COc1ccc(O[C@@H](C)C(=O)N[C@H](C)c2ccc(C)cc2)cc1.